The molecule has 0 aliphatic carbocycles. The van der Waals surface area contributed by atoms with Crippen LogP contribution in [0, 0.1) is 29.9 Å². The van der Waals surface area contributed by atoms with E-state index >= 15 is 0 Å². The maximum absolute atomic E-state index is 13.5. The van der Waals surface area contributed by atoms with Gasteiger partial charge in [0.05, 0.1) is 11.6 Å². The van der Waals surface area contributed by atoms with Crippen LogP contribution in [0.15, 0.2) is 12.1 Å². The third-order valence-corrected chi connectivity index (χ3v) is 3.01. The third kappa shape index (κ3) is 2.60. The molecule has 2 rings (SSSR count). The van der Waals surface area contributed by atoms with Crippen LogP contribution in [0.1, 0.15) is 16.1 Å². The molecule has 0 aliphatic heterocycles. The Morgan fingerprint density at radius 3 is 2.50 bits per heavy atom. The minimum atomic E-state index is -0.750. The molecule has 0 aliphatic rings. The zero-order valence-electron chi connectivity index (χ0n) is 9.37. The Kier molecular flexibility index (Phi) is 3.48. The maximum atomic E-state index is 13.5. The summed E-state index contributed by atoms with van der Waals surface area (Å²) >= 11 is 1.30. The number of hydrogen-bond donors (Lipinski definition) is 1. The second-order valence-electron chi connectivity index (χ2n) is 3.51. The number of rotatable bonds is 3. The van der Waals surface area contributed by atoms with Crippen molar-refractivity contribution >= 4 is 16.5 Å². The molecule has 7 heteroatoms. The van der Waals surface area contributed by atoms with E-state index in [1.165, 1.54) is 11.3 Å². The summed E-state index contributed by atoms with van der Waals surface area (Å²) in [4.78, 5) is 0. The van der Waals surface area contributed by atoms with E-state index < -0.39 is 11.6 Å². The fourth-order valence-electron chi connectivity index (χ4n) is 1.37. The zero-order valence-corrected chi connectivity index (χ0v) is 10.2. The molecule has 1 heterocycles. The topological polar surface area (TPSA) is 61.6 Å². The number of halogens is 2. The smallest absolute Gasteiger partial charge is 0.205 e. The van der Waals surface area contributed by atoms with Gasteiger partial charge in [-0.25, -0.2) is 8.78 Å². The first-order valence-corrected chi connectivity index (χ1v) is 5.84. The van der Waals surface area contributed by atoms with Crippen molar-refractivity contribution in [3.63, 3.8) is 0 Å². The molecule has 0 saturated carbocycles. The van der Waals surface area contributed by atoms with Gasteiger partial charge in [-0.3, -0.25) is 0 Å². The Bertz CT molecular complexity index is 595. The highest BCUT2D eigenvalue weighted by Gasteiger charge is 2.11. The van der Waals surface area contributed by atoms with Crippen LogP contribution in [0.25, 0.3) is 0 Å². The molecule has 1 N–H and O–H groups in total. The number of aryl methyl sites for hydroxylation is 1. The summed E-state index contributed by atoms with van der Waals surface area (Å²) in [6.45, 7) is 1.74. The standard InChI is InChI=1S/C11H8F2N4S/c1-6-16-17-11(18-6)15-5-8-9(12)2-7(4-14)3-10(8)13/h2-3H,5H2,1H3,(H,15,17). The highest BCUT2D eigenvalue weighted by Crippen LogP contribution is 2.19. The van der Waals surface area contributed by atoms with Gasteiger partial charge in [0.15, 0.2) is 0 Å². The van der Waals surface area contributed by atoms with Crippen LogP contribution in [0.2, 0.25) is 0 Å². The lowest BCUT2D eigenvalue weighted by Gasteiger charge is -2.05. The van der Waals surface area contributed by atoms with Crippen molar-refractivity contribution in [3.8, 4) is 6.07 Å². The lowest BCUT2D eigenvalue weighted by atomic mass is 10.1. The van der Waals surface area contributed by atoms with Gasteiger partial charge in [0.1, 0.15) is 16.6 Å². The third-order valence-electron chi connectivity index (χ3n) is 2.21. The van der Waals surface area contributed by atoms with Crippen LogP contribution in [-0.4, -0.2) is 10.2 Å². The van der Waals surface area contributed by atoms with Crippen molar-refractivity contribution < 1.29 is 8.78 Å². The first-order chi connectivity index (χ1) is 8.60. The van der Waals surface area contributed by atoms with Gasteiger partial charge in [-0.05, 0) is 19.1 Å². The quantitative estimate of drug-likeness (QED) is 0.927. The summed E-state index contributed by atoms with van der Waals surface area (Å²) in [5.74, 6) is -1.50. The molecule has 0 atom stereocenters. The van der Waals surface area contributed by atoms with E-state index in [2.05, 4.69) is 15.5 Å². The summed E-state index contributed by atoms with van der Waals surface area (Å²) in [6.07, 6.45) is 0. The molecule has 18 heavy (non-hydrogen) atoms. The molecule has 0 bridgehead atoms. The SMILES string of the molecule is Cc1nnc(NCc2c(F)cc(C#N)cc2F)s1. The van der Waals surface area contributed by atoms with E-state index in [1.807, 2.05) is 0 Å². The van der Waals surface area contributed by atoms with Gasteiger partial charge < -0.3 is 5.32 Å². The van der Waals surface area contributed by atoms with E-state index in [1.54, 1.807) is 13.0 Å². The number of anilines is 1. The van der Waals surface area contributed by atoms with Crippen molar-refractivity contribution in [2.24, 2.45) is 0 Å². The van der Waals surface area contributed by atoms with Crippen LogP contribution in [0.4, 0.5) is 13.9 Å². The van der Waals surface area contributed by atoms with Crippen molar-refractivity contribution in [1.29, 1.82) is 5.26 Å². The molecule has 0 unspecified atom stereocenters. The fourth-order valence-corrected chi connectivity index (χ4v) is 1.96. The molecule has 1 aromatic carbocycles. The minimum absolute atomic E-state index is 0.0412. The molecular weight excluding hydrogens is 258 g/mol. The molecule has 0 fully saturated rings. The normalized spacial score (nSPS) is 10.1. The van der Waals surface area contributed by atoms with Crippen molar-refractivity contribution in [3.05, 3.63) is 39.9 Å². The molecule has 92 valence electrons. The molecule has 4 nitrogen and oxygen atoms in total. The van der Waals surface area contributed by atoms with Gasteiger partial charge >= 0.3 is 0 Å². The molecule has 2 aromatic rings. The second-order valence-corrected chi connectivity index (χ2v) is 4.69. The lowest BCUT2D eigenvalue weighted by Crippen LogP contribution is -2.05. The number of nitriles is 1. The summed E-state index contributed by atoms with van der Waals surface area (Å²) in [7, 11) is 0. The second kappa shape index (κ2) is 5.06. The lowest BCUT2D eigenvalue weighted by molar-refractivity contribution is 0.559. The number of hydrogen-bond acceptors (Lipinski definition) is 5. The minimum Gasteiger partial charge on any atom is -0.356 e. The van der Waals surface area contributed by atoms with Gasteiger partial charge in [0.2, 0.25) is 5.13 Å². The van der Waals surface area contributed by atoms with Gasteiger partial charge in [0.25, 0.3) is 0 Å². The highest BCUT2D eigenvalue weighted by molar-refractivity contribution is 7.15. The van der Waals surface area contributed by atoms with Crippen molar-refractivity contribution in [1.82, 2.24) is 10.2 Å². The Morgan fingerprint density at radius 2 is 2.00 bits per heavy atom. The summed E-state index contributed by atoms with van der Waals surface area (Å²) in [5, 5.41) is 20.2. The van der Waals surface area contributed by atoms with Crippen LogP contribution in [0.5, 0.6) is 0 Å². The molecular formula is C11H8F2N4S. The summed E-state index contributed by atoms with van der Waals surface area (Å²) < 4.78 is 27.1. The fraction of sp³-hybridized carbons (Fsp3) is 0.182. The number of nitrogens with one attached hydrogen (secondary N) is 1. The molecule has 0 spiro atoms. The monoisotopic (exact) mass is 266 g/mol. The van der Waals surface area contributed by atoms with Gasteiger partial charge in [-0.2, -0.15) is 5.26 Å². The van der Waals surface area contributed by atoms with Crippen LogP contribution >= 0.6 is 11.3 Å². The molecule has 0 saturated heterocycles. The zero-order chi connectivity index (χ0) is 13.1. The number of nitrogens with zero attached hydrogens (tertiary/aromatic N) is 3. The Labute approximate surface area is 106 Å². The Balaban J connectivity index is 2.17. The molecule has 1 aromatic heterocycles. The Morgan fingerprint density at radius 1 is 1.33 bits per heavy atom. The van der Waals surface area contributed by atoms with E-state index in [4.69, 9.17) is 5.26 Å². The van der Waals surface area contributed by atoms with Crippen molar-refractivity contribution in [2.75, 3.05) is 5.32 Å². The van der Waals surface area contributed by atoms with Crippen LogP contribution < -0.4 is 5.32 Å². The van der Waals surface area contributed by atoms with Crippen LogP contribution in [0.3, 0.4) is 0 Å². The highest BCUT2D eigenvalue weighted by atomic mass is 32.1. The van der Waals surface area contributed by atoms with Gasteiger partial charge in [0, 0.05) is 12.1 Å². The van der Waals surface area contributed by atoms with E-state index in [0.717, 1.165) is 17.1 Å². The van der Waals surface area contributed by atoms with E-state index in [0.29, 0.717) is 5.13 Å². The largest absolute Gasteiger partial charge is 0.356 e. The van der Waals surface area contributed by atoms with E-state index in [9.17, 15) is 8.78 Å². The molecule has 0 radical (unpaired) electrons. The average molecular weight is 266 g/mol. The molecule has 0 amide bonds. The summed E-state index contributed by atoms with van der Waals surface area (Å²) in [5.41, 5.74) is -0.164. The average Bonchev–Trinajstić information content (AvgIpc) is 2.73. The number of aromatic nitrogens is 2. The van der Waals surface area contributed by atoms with Crippen LogP contribution in [-0.2, 0) is 6.54 Å². The van der Waals surface area contributed by atoms with Crippen molar-refractivity contribution in [2.45, 2.75) is 13.5 Å². The van der Waals surface area contributed by atoms with Gasteiger partial charge in [-0.15, -0.1) is 10.2 Å². The van der Waals surface area contributed by atoms with E-state index in [-0.39, 0.29) is 17.7 Å². The number of benzene rings is 1. The predicted octanol–water partition coefficient (Wildman–Crippen LogP) is 2.61. The van der Waals surface area contributed by atoms with Gasteiger partial charge in [-0.1, -0.05) is 11.3 Å². The predicted molar refractivity (Wildman–Crippen MR) is 63.0 cm³/mol. The summed E-state index contributed by atoms with van der Waals surface area (Å²) in [6, 6.07) is 3.70. The maximum Gasteiger partial charge on any atom is 0.205 e. The Hall–Kier alpha value is -2.07. The first-order valence-electron chi connectivity index (χ1n) is 5.02. The first kappa shape index (κ1) is 12.4.